The quantitative estimate of drug-likeness (QED) is 0.683. The van der Waals surface area contributed by atoms with Crippen LogP contribution in [0.1, 0.15) is 13.3 Å². The van der Waals surface area contributed by atoms with Gasteiger partial charge >= 0.3 is 0 Å². The summed E-state index contributed by atoms with van der Waals surface area (Å²) in [5.74, 6) is 2.53. The highest BCUT2D eigenvalue weighted by Crippen LogP contribution is 2.39. The van der Waals surface area contributed by atoms with Gasteiger partial charge < -0.3 is 4.74 Å². The summed E-state index contributed by atoms with van der Waals surface area (Å²) >= 11 is 10.7. The zero-order valence-electron chi connectivity index (χ0n) is 6.95. The van der Waals surface area contributed by atoms with Crippen LogP contribution in [0.2, 0.25) is 0 Å². The molecule has 1 nitrogen and oxygen atoms in total. The molecule has 0 aromatic carbocycles. The van der Waals surface area contributed by atoms with E-state index < -0.39 is 0 Å². The third-order valence-electron chi connectivity index (χ3n) is 1.25. The van der Waals surface area contributed by atoms with E-state index in [0.29, 0.717) is 14.9 Å². The summed E-state index contributed by atoms with van der Waals surface area (Å²) in [4.78, 5) is 0. The molecule has 70 valence electrons. The van der Waals surface area contributed by atoms with Crippen molar-refractivity contribution in [3.8, 4) is 0 Å². The van der Waals surface area contributed by atoms with Crippen molar-refractivity contribution < 1.29 is 4.74 Å². The molecule has 1 aliphatic rings. The van der Waals surface area contributed by atoms with Crippen LogP contribution in [0.4, 0.5) is 0 Å². The van der Waals surface area contributed by atoms with Crippen molar-refractivity contribution in [3.63, 3.8) is 0 Å². The van der Waals surface area contributed by atoms with Crippen LogP contribution in [-0.2, 0) is 4.74 Å². The lowest BCUT2D eigenvalue weighted by molar-refractivity contribution is 0.346. The number of thioether (sulfide) groups is 3. The predicted molar refractivity (Wildman–Crippen MR) is 65.1 cm³/mol. The van der Waals surface area contributed by atoms with E-state index >= 15 is 0 Å². The normalized spacial score (nSPS) is 19.1. The number of ether oxygens (including phenoxy) is 1. The number of hydrogen-bond acceptors (Lipinski definition) is 5. The van der Waals surface area contributed by atoms with Gasteiger partial charge in [-0.3, -0.25) is 0 Å². The van der Waals surface area contributed by atoms with Crippen molar-refractivity contribution >= 4 is 51.9 Å². The molecule has 0 aromatic rings. The van der Waals surface area contributed by atoms with Crippen LogP contribution in [0.5, 0.6) is 0 Å². The summed E-state index contributed by atoms with van der Waals surface area (Å²) in [6.45, 7) is 2.65. The van der Waals surface area contributed by atoms with E-state index in [2.05, 4.69) is 0 Å². The molecule has 1 rings (SSSR count). The first-order valence-corrected chi connectivity index (χ1v) is 7.28. The average Bonchev–Trinajstić information content (AvgIpc) is 2.06. The van der Waals surface area contributed by atoms with Crippen molar-refractivity contribution in [2.24, 2.45) is 0 Å². The maximum Gasteiger partial charge on any atom is 0.221 e. The molecule has 1 heterocycles. The minimum absolute atomic E-state index is 0.567. The molecule has 0 amide bonds. The zero-order valence-corrected chi connectivity index (χ0v) is 10.2. The lowest BCUT2D eigenvalue weighted by Gasteiger charge is -2.19. The Morgan fingerprint density at radius 2 is 2.25 bits per heavy atom. The lowest BCUT2D eigenvalue weighted by atomic mass is 10.6. The summed E-state index contributed by atoms with van der Waals surface area (Å²) < 4.78 is 6.48. The van der Waals surface area contributed by atoms with Gasteiger partial charge in [-0.05, 0) is 37.1 Å². The fraction of sp³-hybridized carbons (Fsp3) is 0.857. The van der Waals surface area contributed by atoms with Crippen LogP contribution in [0.3, 0.4) is 0 Å². The summed E-state index contributed by atoms with van der Waals surface area (Å²) in [6.07, 6.45) is 1.33. The van der Waals surface area contributed by atoms with Gasteiger partial charge in [0, 0.05) is 0 Å². The van der Waals surface area contributed by atoms with Gasteiger partial charge in [-0.1, -0.05) is 11.8 Å². The Hall–Kier alpha value is 0.940. The Bertz CT molecular complexity index is 144. The molecule has 0 bridgehead atoms. The molecule has 5 heteroatoms. The molecular weight excluding hydrogens is 228 g/mol. The molecule has 1 saturated heterocycles. The zero-order chi connectivity index (χ0) is 8.81. The van der Waals surface area contributed by atoms with E-state index in [1.807, 2.05) is 30.4 Å². The van der Waals surface area contributed by atoms with E-state index in [-0.39, 0.29) is 0 Å². The van der Waals surface area contributed by atoms with Crippen LogP contribution < -0.4 is 0 Å². The summed E-state index contributed by atoms with van der Waals surface area (Å²) in [6, 6.07) is 0. The van der Waals surface area contributed by atoms with Crippen LogP contribution in [0.25, 0.3) is 0 Å². The van der Waals surface area contributed by atoms with Gasteiger partial charge in [-0.25, -0.2) is 0 Å². The van der Waals surface area contributed by atoms with Gasteiger partial charge in [0.25, 0.3) is 0 Å². The fourth-order valence-electron chi connectivity index (χ4n) is 0.765. The van der Waals surface area contributed by atoms with Crippen molar-refractivity contribution in [1.29, 1.82) is 0 Å². The first-order chi connectivity index (χ1) is 5.83. The van der Waals surface area contributed by atoms with Gasteiger partial charge in [-0.2, -0.15) is 0 Å². The molecule has 0 unspecified atom stereocenters. The molecule has 1 fully saturated rings. The highest BCUT2D eigenvalue weighted by Gasteiger charge is 2.17. The van der Waals surface area contributed by atoms with Crippen molar-refractivity contribution in [3.05, 3.63) is 0 Å². The van der Waals surface area contributed by atoms with Gasteiger partial charge in [-0.15, -0.1) is 23.5 Å². The van der Waals surface area contributed by atoms with Crippen molar-refractivity contribution in [2.75, 3.05) is 18.1 Å². The molecular formula is C7H12OS4. The average molecular weight is 240 g/mol. The predicted octanol–water partition coefficient (Wildman–Crippen LogP) is 3.19. The van der Waals surface area contributed by atoms with Gasteiger partial charge in [0.2, 0.25) is 4.38 Å². The second-order valence-electron chi connectivity index (χ2n) is 2.18. The highest BCUT2D eigenvalue weighted by atomic mass is 32.3. The van der Waals surface area contributed by atoms with E-state index in [4.69, 9.17) is 17.0 Å². The third-order valence-corrected chi connectivity index (χ3v) is 5.96. The molecule has 0 aliphatic carbocycles. The number of thiocarbonyl (C=S) groups is 1. The highest BCUT2D eigenvalue weighted by molar-refractivity contribution is 8.40. The van der Waals surface area contributed by atoms with E-state index in [1.165, 1.54) is 17.9 Å². The Morgan fingerprint density at radius 1 is 1.58 bits per heavy atom. The Kier molecular flexibility index (Phi) is 5.88. The molecule has 12 heavy (non-hydrogen) atoms. The van der Waals surface area contributed by atoms with Crippen molar-refractivity contribution in [2.45, 2.75) is 17.3 Å². The van der Waals surface area contributed by atoms with Crippen LogP contribution in [0.15, 0.2) is 0 Å². The molecule has 0 aromatic heterocycles. The van der Waals surface area contributed by atoms with Crippen molar-refractivity contribution in [1.82, 2.24) is 0 Å². The number of hydrogen-bond donors (Lipinski definition) is 0. The standard InChI is InChI=1S/C7H12OS4/c1-2-8-6(9)12-7-10-4-3-5-11-7/h7H,2-5H2,1H3. The first-order valence-electron chi connectivity index (χ1n) is 3.89. The summed E-state index contributed by atoms with van der Waals surface area (Å²) in [5, 5.41) is 0. The summed E-state index contributed by atoms with van der Waals surface area (Å²) in [7, 11) is 0. The SMILES string of the molecule is CCOC(=S)SC1SCCCS1. The fourth-order valence-corrected chi connectivity index (χ4v) is 5.68. The smallest absolute Gasteiger partial charge is 0.221 e. The van der Waals surface area contributed by atoms with E-state index in [0.717, 1.165) is 0 Å². The topological polar surface area (TPSA) is 9.23 Å². The maximum absolute atomic E-state index is 5.21. The first kappa shape index (κ1) is 11.0. The van der Waals surface area contributed by atoms with Gasteiger partial charge in [0.1, 0.15) is 3.91 Å². The van der Waals surface area contributed by atoms with E-state index in [1.54, 1.807) is 11.8 Å². The third kappa shape index (κ3) is 4.25. The molecule has 0 spiro atoms. The molecule has 1 aliphatic heterocycles. The monoisotopic (exact) mass is 240 g/mol. The Balaban J connectivity index is 2.15. The second-order valence-corrected chi connectivity index (χ2v) is 7.21. The number of rotatable bonds is 2. The van der Waals surface area contributed by atoms with E-state index in [9.17, 15) is 0 Å². The molecule has 0 radical (unpaired) electrons. The van der Waals surface area contributed by atoms with Gasteiger partial charge in [0.15, 0.2) is 0 Å². The van der Waals surface area contributed by atoms with Crippen LogP contribution in [-0.4, -0.2) is 26.4 Å². The largest absolute Gasteiger partial charge is 0.479 e. The van der Waals surface area contributed by atoms with Crippen LogP contribution >= 0.6 is 47.5 Å². The Morgan fingerprint density at radius 3 is 2.83 bits per heavy atom. The Labute approximate surface area is 91.8 Å². The molecule has 0 saturated carbocycles. The minimum Gasteiger partial charge on any atom is -0.479 e. The maximum atomic E-state index is 5.21. The van der Waals surface area contributed by atoms with Gasteiger partial charge in [0.05, 0.1) is 6.61 Å². The molecule has 0 N–H and O–H groups in total. The lowest BCUT2D eigenvalue weighted by Crippen LogP contribution is -2.07. The summed E-state index contributed by atoms with van der Waals surface area (Å²) in [5.41, 5.74) is 0. The van der Waals surface area contributed by atoms with Crippen LogP contribution in [0, 0.1) is 0 Å². The second kappa shape index (κ2) is 6.40. The molecule has 0 atom stereocenters. The minimum atomic E-state index is 0.567.